The van der Waals surface area contributed by atoms with Gasteiger partial charge in [0.25, 0.3) is 0 Å². The van der Waals surface area contributed by atoms with Gasteiger partial charge in [-0.2, -0.15) is 5.26 Å². The summed E-state index contributed by atoms with van der Waals surface area (Å²) in [6, 6.07) is 25.5. The molecule has 0 spiro atoms. The number of hydrogen-bond acceptors (Lipinski definition) is 3. The molecule has 2 N–H and O–H groups in total. The highest BCUT2D eigenvalue weighted by molar-refractivity contribution is 5.90. The first-order chi connectivity index (χ1) is 17.8. The highest BCUT2D eigenvalue weighted by Gasteiger charge is 2.33. The average Bonchev–Trinajstić information content (AvgIpc) is 2.89. The highest BCUT2D eigenvalue weighted by Crippen LogP contribution is 2.28. The molecule has 3 aromatic rings. The molecule has 3 aromatic carbocycles. The molecule has 0 aromatic heterocycles. The number of aryl methyl sites for hydroxylation is 1. The molecule has 4 rings (SSSR count). The molecule has 0 aliphatic carbocycles. The summed E-state index contributed by atoms with van der Waals surface area (Å²) >= 11 is 0. The van der Waals surface area contributed by atoms with Crippen LogP contribution in [0.25, 0.3) is 0 Å². The number of nitrogens with zero attached hydrogens (tertiary/aromatic N) is 4. The lowest BCUT2D eigenvalue weighted by Crippen LogP contribution is -2.55. The summed E-state index contributed by atoms with van der Waals surface area (Å²) in [6.45, 7) is 10.0. The van der Waals surface area contributed by atoms with Gasteiger partial charge in [-0.1, -0.05) is 81.4 Å². The summed E-state index contributed by atoms with van der Waals surface area (Å²) in [5, 5.41) is 15.3. The fourth-order valence-corrected chi connectivity index (χ4v) is 4.46. The fraction of sp³-hybridized carbons (Fsp3) is 0.300. The maximum Gasteiger partial charge on any atom is 0.322 e. The van der Waals surface area contributed by atoms with E-state index in [1.54, 1.807) is 0 Å². The van der Waals surface area contributed by atoms with E-state index in [0.29, 0.717) is 25.6 Å². The Morgan fingerprint density at radius 3 is 2.30 bits per heavy atom. The number of guanidine groups is 1. The van der Waals surface area contributed by atoms with Gasteiger partial charge in [-0.15, -0.1) is 0 Å². The van der Waals surface area contributed by atoms with Gasteiger partial charge in [0, 0.05) is 25.3 Å². The largest absolute Gasteiger partial charge is 0.338 e. The molecule has 0 bridgehead atoms. The first-order valence-electron chi connectivity index (χ1n) is 12.5. The predicted octanol–water partition coefficient (Wildman–Crippen LogP) is 5.94. The molecule has 1 atom stereocenters. The van der Waals surface area contributed by atoms with Gasteiger partial charge in [0.1, 0.15) is 0 Å². The third-order valence-corrected chi connectivity index (χ3v) is 6.64. The summed E-state index contributed by atoms with van der Waals surface area (Å²) in [4.78, 5) is 22.1. The van der Waals surface area contributed by atoms with Crippen molar-refractivity contribution in [2.75, 3.05) is 25.0 Å². The van der Waals surface area contributed by atoms with Gasteiger partial charge in [0.05, 0.1) is 11.7 Å². The second-order valence-corrected chi connectivity index (χ2v) is 10.3. The number of urea groups is 1. The summed E-state index contributed by atoms with van der Waals surface area (Å²) in [6.07, 6.45) is 2.03. The number of benzene rings is 3. The summed E-state index contributed by atoms with van der Waals surface area (Å²) in [5.41, 5.74) is 4.88. The van der Waals surface area contributed by atoms with Gasteiger partial charge in [0.2, 0.25) is 5.96 Å². The zero-order valence-electron chi connectivity index (χ0n) is 21.9. The number of carbonyl (C=O) groups is 1. The third kappa shape index (κ3) is 6.28. The lowest BCUT2D eigenvalue weighted by atomic mass is 9.87. The van der Waals surface area contributed by atoms with Crippen LogP contribution >= 0.6 is 0 Å². The minimum Gasteiger partial charge on any atom is -0.338 e. The number of hydrogen-bond donors (Lipinski definition) is 2. The van der Waals surface area contributed by atoms with Crippen molar-refractivity contribution in [3.63, 3.8) is 0 Å². The van der Waals surface area contributed by atoms with Crippen molar-refractivity contribution < 1.29 is 4.79 Å². The Balaban J connectivity index is 1.58. The number of nitriles is 1. The summed E-state index contributed by atoms with van der Waals surface area (Å²) in [7, 11) is 0. The van der Waals surface area contributed by atoms with E-state index in [4.69, 9.17) is 4.99 Å². The Bertz CT molecular complexity index is 1290. The Hall–Kier alpha value is -4.31. The van der Waals surface area contributed by atoms with Crippen molar-refractivity contribution in [1.82, 2.24) is 15.1 Å². The molecule has 1 unspecified atom stereocenters. The van der Waals surface area contributed by atoms with Crippen LogP contribution in [0, 0.1) is 18.4 Å². The molecule has 1 heterocycles. The van der Waals surface area contributed by atoms with Crippen LogP contribution in [0.5, 0.6) is 0 Å². The monoisotopic (exact) mass is 494 g/mol. The molecular weight excluding hydrogens is 460 g/mol. The molecule has 2 amide bonds. The molecule has 7 heteroatoms. The van der Waals surface area contributed by atoms with E-state index < -0.39 is 0 Å². The van der Waals surface area contributed by atoms with E-state index in [1.165, 1.54) is 5.56 Å². The number of amides is 2. The van der Waals surface area contributed by atoms with E-state index in [1.807, 2.05) is 89.6 Å². The van der Waals surface area contributed by atoms with Crippen molar-refractivity contribution in [1.29, 1.82) is 5.26 Å². The van der Waals surface area contributed by atoms with Crippen LogP contribution in [0.15, 0.2) is 83.9 Å². The minimum atomic E-state index is -0.216. The SMILES string of the molecule is Cc1ccccc1N=C(NC#N)N1CCN(C(=O)Nc2ccc(C(C)(C)C)cc2)C(c2ccccc2)C1. The number of nitrogens with one attached hydrogen (secondary N) is 2. The van der Waals surface area contributed by atoms with Gasteiger partial charge in [-0.3, -0.25) is 5.32 Å². The number of para-hydroxylation sites is 1. The summed E-state index contributed by atoms with van der Waals surface area (Å²) < 4.78 is 0. The molecule has 1 saturated heterocycles. The number of carbonyl (C=O) groups excluding carboxylic acids is 1. The van der Waals surface area contributed by atoms with E-state index in [0.717, 1.165) is 22.5 Å². The Morgan fingerprint density at radius 1 is 0.973 bits per heavy atom. The van der Waals surface area contributed by atoms with Gasteiger partial charge in [-0.05, 0) is 47.2 Å². The van der Waals surface area contributed by atoms with E-state index in [-0.39, 0.29) is 17.5 Å². The lowest BCUT2D eigenvalue weighted by Gasteiger charge is -2.42. The van der Waals surface area contributed by atoms with Gasteiger partial charge < -0.3 is 15.1 Å². The van der Waals surface area contributed by atoms with Gasteiger partial charge in [0.15, 0.2) is 6.19 Å². The van der Waals surface area contributed by atoms with Crippen molar-refractivity contribution in [2.24, 2.45) is 4.99 Å². The van der Waals surface area contributed by atoms with Crippen molar-refractivity contribution in [2.45, 2.75) is 39.2 Å². The lowest BCUT2D eigenvalue weighted by molar-refractivity contribution is 0.135. The van der Waals surface area contributed by atoms with E-state index in [2.05, 4.69) is 43.5 Å². The minimum absolute atomic E-state index is 0.0479. The second-order valence-electron chi connectivity index (χ2n) is 10.3. The second kappa shape index (κ2) is 11.2. The molecule has 1 aliphatic heterocycles. The van der Waals surface area contributed by atoms with E-state index >= 15 is 0 Å². The number of aliphatic imine (C=N–C) groups is 1. The number of anilines is 1. The third-order valence-electron chi connectivity index (χ3n) is 6.64. The molecule has 37 heavy (non-hydrogen) atoms. The molecule has 0 saturated carbocycles. The first kappa shape index (κ1) is 25.8. The van der Waals surface area contributed by atoms with Crippen LogP contribution in [-0.4, -0.2) is 41.4 Å². The molecule has 1 aliphatic rings. The van der Waals surface area contributed by atoms with E-state index in [9.17, 15) is 10.1 Å². The number of rotatable bonds is 3. The van der Waals surface area contributed by atoms with Crippen molar-refractivity contribution >= 4 is 23.4 Å². The Labute approximate surface area is 219 Å². The predicted molar refractivity (Wildman–Crippen MR) is 149 cm³/mol. The first-order valence-corrected chi connectivity index (χ1v) is 12.5. The van der Waals surface area contributed by atoms with Gasteiger partial charge >= 0.3 is 6.03 Å². The van der Waals surface area contributed by atoms with Crippen LogP contribution in [-0.2, 0) is 5.41 Å². The van der Waals surface area contributed by atoms with Crippen molar-refractivity contribution in [3.05, 3.63) is 95.6 Å². The maximum atomic E-state index is 13.5. The van der Waals surface area contributed by atoms with Crippen LogP contribution in [0.3, 0.4) is 0 Å². The number of piperazine rings is 1. The van der Waals surface area contributed by atoms with Crippen LogP contribution < -0.4 is 10.6 Å². The zero-order chi connectivity index (χ0) is 26.4. The molecule has 7 nitrogen and oxygen atoms in total. The Morgan fingerprint density at radius 2 is 1.65 bits per heavy atom. The average molecular weight is 495 g/mol. The molecule has 1 fully saturated rings. The fourth-order valence-electron chi connectivity index (χ4n) is 4.46. The molecule has 190 valence electrons. The van der Waals surface area contributed by atoms with Crippen LogP contribution in [0.2, 0.25) is 0 Å². The smallest absolute Gasteiger partial charge is 0.322 e. The quantitative estimate of drug-likeness (QED) is 0.204. The van der Waals surface area contributed by atoms with Crippen molar-refractivity contribution in [3.8, 4) is 6.19 Å². The van der Waals surface area contributed by atoms with Crippen LogP contribution in [0.1, 0.15) is 43.5 Å². The molecular formula is C30H34N6O. The van der Waals surface area contributed by atoms with Crippen LogP contribution in [0.4, 0.5) is 16.2 Å². The standard InChI is InChI=1S/C30H34N6O/c1-22-10-8-9-13-26(22)34-28(32-21-31)35-18-19-36(27(20-35)23-11-6-5-7-12-23)29(37)33-25-16-14-24(15-17-25)30(2,3)4/h5-17,27H,18-20H2,1-4H3,(H,32,34)(H,33,37). The summed E-state index contributed by atoms with van der Waals surface area (Å²) in [5.74, 6) is 0.482. The maximum absolute atomic E-state index is 13.5. The topological polar surface area (TPSA) is 83.8 Å². The Kier molecular flexibility index (Phi) is 7.78. The normalized spacial score (nSPS) is 16.2. The highest BCUT2D eigenvalue weighted by atomic mass is 16.2. The van der Waals surface area contributed by atoms with Gasteiger partial charge in [-0.25, -0.2) is 9.79 Å². The zero-order valence-corrected chi connectivity index (χ0v) is 21.9. The molecule has 0 radical (unpaired) electrons.